The van der Waals surface area contributed by atoms with Gasteiger partial charge in [0.05, 0.1) is 11.4 Å². The number of nitrogens with zero attached hydrogens (tertiary/aromatic N) is 2. The lowest BCUT2D eigenvalue weighted by atomic mass is 9.98. The van der Waals surface area contributed by atoms with Crippen molar-refractivity contribution < 1.29 is 4.21 Å². The summed E-state index contributed by atoms with van der Waals surface area (Å²) < 4.78 is 11.8. The molecule has 2 aromatic heterocycles. The van der Waals surface area contributed by atoms with E-state index in [1.807, 2.05) is 42.5 Å². The van der Waals surface area contributed by atoms with Gasteiger partial charge in [-0.1, -0.05) is 66.7 Å². The van der Waals surface area contributed by atoms with E-state index in [0.29, 0.717) is 0 Å². The summed E-state index contributed by atoms with van der Waals surface area (Å²) in [5.74, 6) is 0.768. The number of benzene rings is 4. The van der Waals surface area contributed by atoms with Gasteiger partial charge in [0.25, 0.3) is 0 Å². The molecule has 0 aliphatic rings. The fraction of sp³-hybridized carbons (Fsp3) is 0.0323. The van der Waals surface area contributed by atoms with Gasteiger partial charge in [0, 0.05) is 51.0 Å². The first kappa shape index (κ1) is 22.1. The molecule has 0 aliphatic carbocycles. The molecule has 174 valence electrons. The van der Waals surface area contributed by atoms with Crippen molar-refractivity contribution in [1.82, 2.24) is 15.0 Å². The molecule has 0 aliphatic heterocycles. The van der Waals surface area contributed by atoms with Crippen molar-refractivity contribution in [2.24, 2.45) is 0 Å². The number of aromatic amines is 1. The minimum absolute atomic E-state index is 0.768. The quantitative estimate of drug-likeness (QED) is 0.277. The lowest BCUT2D eigenvalue weighted by Crippen LogP contribution is -1.87. The summed E-state index contributed by atoms with van der Waals surface area (Å²) in [5.41, 5.74) is 7.23. The molecule has 4 aromatic carbocycles. The lowest BCUT2D eigenvalue weighted by molar-refractivity contribution is 0.687. The number of imidazole rings is 1. The summed E-state index contributed by atoms with van der Waals surface area (Å²) in [6.07, 6.45) is 5.26. The number of pyridine rings is 1. The first-order chi connectivity index (χ1) is 17.7. The van der Waals surface area contributed by atoms with E-state index in [-0.39, 0.29) is 0 Å². The largest absolute Gasteiger partial charge is 0.337 e. The third-order valence-electron chi connectivity index (χ3n) is 6.35. The van der Waals surface area contributed by atoms with E-state index in [9.17, 15) is 4.21 Å². The average Bonchev–Trinajstić information content (AvgIpc) is 3.39. The Kier molecular flexibility index (Phi) is 5.76. The van der Waals surface area contributed by atoms with Crippen LogP contribution >= 0.6 is 0 Å². The van der Waals surface area contributed by atoms with Gasteiger partial charge in [-0.05, 0) is 58.3 Å². The monoisotopic (exact) mass is 485 g/mol. The fourth-order valence-electron chi connectivity index (χ4n) is 4.45. The van der Waals surface area contributed by atoms with Gasteiger partial charge in [-0.2, -0.15) is 0 Å². The molecule has 2 heterocycles. The molecule has 0 radical (unpaired) electrons. The Bertz CT molecular complexity index is 1690. The maximum Gasteiger partial charge on any atom is 0.138 e. The number of H-pyrrole nitrogens is 1. The summed E-state index contributed by atoms with van der Waals surface area (Å²) in [5, 5.41) is 2.34. The zero-order chi connectivity index (χ0) is 24.5. The molecule has 0 saturated heterocycles. The Morgan fingerprint density at radius 1 is 0.639 bits per heavy atom. The van der Waals surface area contributed by atoms with Crippen LogP contribution in [0.3, 0.4) is 0 Å². The minimum atomic E-state index is -1.02. The topological polar surface area (TPSA) is 58.6 Å². The van der Waals surface area contributed by atoms with E-state index in [2.05, 4.69) is 70.6 Å². The van der Waals surface area contributed by atoms with Gasteiger partial charge in [-0.3, -0.25) is 9.19 Å². The molecule has 1 N–H and O–H groups in total. The van der Waals surface area contributed by atoms with Crippen LogP contribution in [0.25, 0.3) is 55.8 Å². The summed E-state index contributed by atoms with van der Waals surface area (Å²) in [6, 6.07) is 35.1. The second-order valence-corrected chi connectivity index (χ2v) is 10.0. The van der Waals surface area contributed by atoms with Gasteiger partial charge >= 0.3 is 0 Å². The number of aromatic nitrogens is 3. The first-order valence-corrected chi connectivity index (χ1v) is 13.3. The van der Waals surface area contributed by atoms with Crippen LogP contribution in [0.15, 0.2) is 120 Å². The molecular formula is C31H23N3OS. The SMILES string of the molecule is CS(=O)c1ccc(-c2nc(-c3ccc4cc(-c5ccccc5)ccc4c3)c(-c3ccncc3)[nH]2)cc1. The van der Waals surface area contributed by atoms with Gasteiger partial charge in [0.1, 0.15) is 5.82 Å². The van der Waals surface area contributed by atoms with Crippen LogP contribution in [-0.4, -0.2) is 25.4 Å². The van der Waals surface area contributed by atoms with Crippen LogP contribution in [0.5, 0.6) is 0 Å². The first-order valence-electron chi connectivity index (χ1n) is 11.7. The van der Waals surface area contributed by atoms with Crippen LogP contribution in [0.2, 0.25) is 0 Å². The van der Waals surface area contributed by atoms with Crippen molar-refractivity contribution in [2.45, 2.75) is 4.90 Å². The van der Waals surface area contributed by atoms with E-state index in [1.54, 1.807) is 18.6 Å². The summed E-state index contributed by atoms with van der Waals surface area (Å²) in [7, 11) is -1.02. The van der Waals surface area contributed by atoms with Crippen LogP contribution in [-0.2, 0) is 10.8 Å². The van der Waals surface area contributed by atoms with Crippen molar-refractivity contribution in [3.8, 4) is 45.0 Å². The second kappa shape index (κ2) is 9.36. The van der Waals surface area contributed by atoms with E-state index in [1.165, 1.54) is 16.5 Å². The lowest BCUT2D eigenvalue weighted by Gasteiger charge is -2.07. The maximum atomic E-state index is 11.8. The third kappa shape index (κ3) is 4.25. The number of nitrogens with one attached hydrogen (secondary N) is 1. The Morgan fingerprint density at radius 3 is 1.97 bits per heavy atom. The third-order valence-corrected chi connectivity index (χ3v) is 7.29. The predicted molar refractivity (Wildman–Crippen MR) is 148 cm³/mol. The molecular weight excluding hydrogens is 462 g/mol. The van der Waals surface area contributed by atoms with E-state index in [0.717, 1.165) is 44.2 Å². The summed E-state index contributed by atoms with van der Waals surface area (Å²) in [6.45, 7) is 0. The van der Waals surface area contributed by atoms with Gasteiger partial charge < -0.3 is 4.98 Å². The standard InChI is InChI=1S/C31H23N3OS/c1-36(35)28-13-11-23(12-14-28)31-33-29(22-15-17-32-18-16-22)30(34-31)27-10-9-25-19-24(7-8-26(25)20-27)21-5-3-2-4-6-21/h2-20H,1H3,(H,33,34). The van der Waals surface area contributed by atoms with Gasteiger partial charge in [-0.25, -0.2) is 4.98 Å². The molecule has 6 aromatic rings. The highest BCUT2D eigenvalue weighted by molar-refractivity contribution is 7.84. The van der Waals surface area contributed by atoms with Crippen molar-refractivity contribution in [2.75, 3.05) is 6.26 Å². The molecule has 36 heavy (non-hydrogen) atoms. The normalized spacial score (nSPS) is 12.0. The number of hydrogen-bond donors (Lipinski definition) is 1. The Balaban J connectivity index is 1.45. The molecule has 0 spiro atoms. The predicted octanol–water partition coefficient (Wildman–Crippen LogP) is 7.36. The highest BCUT2D eigenvalue weighted by atomic mass is 32.2. The number of hydrogen-bond acceptors (Lipinski definition) is 3. The summed E-state index contributed by atoms with van der Waals surface area (Å²) >= 11 is 0. The fourth-order valence-corrected chi connectivity index (χ4v) is 4.97. The highest BCUT2D eigenvalue weighted by Gasteiger charge is 2.16. The van der Waals surface area contributed by atoms with E-state index < -0.39 is 10.8 Å². The number of fused-ring (bicyclic) bond motifs is 1. The van der Waals surface area contributed by atoms with Crippen molar-refractivity contribution >= 4 is 21.6 Å². The molecule has 1 atom stereocenters. The van der Waals surface area contributed by atoms with Crippen molar-refractivity contribution in [3.63, 3.8) is 0 Å². The van der Waals surface area contributed by atoms with Crippen LogP contribution < -0.4 is 0 Å². The molecule has 0 bridgehead atoms. The van der Waals surface area contributed by atoms with Gasteiger partial charge in [0.2, 0.25) is 0 Å². The molecule has 4 nitrogen and oxygen atoms in total. The van der Waals surface area contributed by atoms with Crippen LogP contribution in [0, 0.1) is 0 Å². The minimum Gasteiger partial charge on any atom is -0.337 e. The average molecular weight is 486 g/mol. The number of rotatable bonds is 5. The van der Waals surface area contributed by atoms with E-state index >= 15 is 0 Å². The molecule has 5 heteroatoms. The zero-order valence-corrected chi connectivity index (χ0v) is 20.5. The molecule has 1 unspecified atom stereocenters. The smallest absolute Gasteiger partial charge is 0.138 e. The summed E-state index contributed by atoms with van der Waals surface area (Å²) in [4.78, 5) is 13.5. The second-order valence-electron chi connectivity index (χ2n) is 8.67. The zero-order valence-electron chi connectivity index (χ0n) is 19.7. The van der Waals surface area contributed by atoms with E-state index in [4.69, 9.17) is 4.98 Å². The Hall–Kier alpha value is -4.35. The van der Waals surface area contributed by atoms with Crippen LogP contribution in [0.1, 0.15) is 0 Å². The molecule has 0 amide bonds. The Labute approximate surface area is 212 Å². The molecule has 6 rings (SSSR count). The highest BCUT2D eigenvalue weighted by Crippen LogP contribution is 2.35. The van der Waals surface area contributed by atoms with Crippen LogP contribution in [0.4, 0.5) is 0 Å². The van der Waals surface area contributed by atoms with Gasteiger partial charge in [-0.15, -0.1) is 0 Å². The Morgan fingerprint density at radius 2 is 1.28 bits per heavy atom. The molecule has 0 saturated carbocycles. The molecule has 0 fully saturated rings. The maximum absolute atomic E-state index is 11.8. The van der Waals surface area contributed by atoms with Crippen molar-refractivity contribution in [3.05, 3.63) is 116 Å². The van der Waals surface area contributed by atoms with Gasteiger partial charge in [0.15, 0.2) is 0 Å². The van der Waals surface area contributed by atoms with Crippen molar-refractivity contribution in [1.29, 1.82) is 0 Å².